The second kappa shape index (κ2) is 7.25. The molecule has 2 aliphatic rings. The number of carbonyl (C=O) groups excluding carboxylic acids is 1. The molecule has 2 fully saturated rings. The van der Waals surface area contributed by atoms with Crippen molar-refractivity contribution >= 4 is 5.91 Å². The van der Waals surface area contributed by atoms with E-state index in [1.165, 1.54) is 6.42 Å². The molecule has 1 aliphatic carbocycles. The Labute approximate surface area is 116 Å². The molecule has 0 radical (unpaired) electrons. The minimum Gasteiger partial charge on any atom is -0.384 e. The van der Waals surface area contributed by atoms with Crippen molar-refractivity contribution in [3.05, 3.63) is 0 Å². The summed E-state index contributed by atoms with van der Waals surface area (Å²) in [5.74, 6) is 1.44. The van der Waals surface area contributed by atoms with E-state index in [2.05, 4.69) is 4.90 Å². The fourth-order valence-corrected chi connectivity index (χ4v) is 3.43. The Morgan fingerprint density at radius 3 is 2.63 bits per heavy atom. The van der Waals surface area contributed by atoms with Crippen LogP contribution in [0.3, 0.4) is 0 Å². The number of amides is 1. The van der Waals surface area contributed by atoms with Crippen LogP contribution in [0, 0.1) is 11.8 Å². The third-order valence-corrected chi connectivity index (χ3v) is 4.63. The molecule has 1 atom stereocenters. The van der Waals surface area contributed by atoms with Gasteiger partial charge in [-0.15, -0.1) is 0 Å². The fourth-order valence-electron chi connectivity index (χ4n) is 3.43. The zero-order valence-electron chi connectivity index (χ0n) is 12.1. The summed E-state index contributed by atoms with van der Waals surface area (Å²) in [6.07, 6.45) is 7.47. The highest BCUT2D eigenvalue weighted by Gasteiger charge is 2.27. The summed E-state index contributed by atoms with van der Waals surface area (Å²) in [5, 5.41) is 0. The van der Waals surface area contributed by atoms with Crippen LogP contribution in [-0.4, -0.2) is 43.7 Å². The van der Waals surface area contributed by atoms with E-state index in [1.54, 1.807) is 7.11 Å². The number of ether oxygens (including phenoxy) is 1. The number of rotatable bonds is 4. The molecule has 0 aromatic carbocycles. The quantitative estimate of drug-likeness (QED) is 0.845. The lowest BCUT2D eigenvalue weighted by atomic mass is 9.84. The number of likely N-dealkylation sites (tertiary alicyclic amines) is 1. The van der Waals surface area contributed by atoms with Crippen molar-refractivity contribution in [1.29, 1.82) is 0 Å². The molecule has 1 aliphatic heterocycles. The van der Waals surface area contributed by atoms with Gasteiger partial charge in [-0.1, -0.05) is 0 Å². The maximum absolute atomic E-state index is 12.4. The molecule has 0 aromatic rings. The van der Waals surface area contributed by atoms with Crippen molar-refractivity contribution in [2.45, 2.75) is 51.0 Å². The lowest BCUT2D eigenvalue weighted by Gasteiger charge is -2.34. The van der Waals surface area contributed by atoms with Gasteiger partial charge in [-0.2, -0.15) is 0 Å². The summed E-state index contributed by atoms with van der Waals surface area (Å²) in [7, 11) is 1.74. The van der Waals surface area contributed by atoms with Gasteiger partial charge in [0.25, 0.3) is 0 Å². The largest absolute Gasteiger partial charge is 0.384 e. The molecule has 2 rings (SSSR count). The van der Waals surface area contributed by atoms with Crippen LogP contribution >= 0.6 is 0 Å². The van der Waals surface area contributed by atoms with Crippen molar-refractivity contribution in [2.24, 2.45) is 17.6 Å². The van der Waals surface area contributed by atoms with E-state index < -0.39 is 0 Å². The van der Waals surface area contributed by atoms with E-state index >= 15 is 0 Å². The Morgan fingerprint density at radius 1 is 1.21 bits per heavy atom. The molecule has 1 amide bonds. The van der Waals surface area contributed by atoms with Crippen LogP contribution in [-0.2, 0) is 9.53 Å². The van der Waals surface area contributed by atoms with Gasteiger partial charge in [0.2, 0.25) is 5.91 Å². The Kier molecular flexibility index (Phi) is 5.64. The number of nitrogens with two attached hydrogens (primary N) is 1. The van der Waals surface area contributed by atoms with Gasteiger partial charge in [0.15, 0.2) is 0 Å². The molecular formula is C15H28N2O2. The van der Waals surface area contributed by atoms with E-state index in [4.69, 9.17) is 10.5 Å². The number of piperidine rings is 1. The van der Waals surface area contributed by atoms with Crippen molar-refractivity contribution in [2.75, 3.05) is 26.8 Å². The highest BCUT2D eigenvalue weighted by molar-refractivity contribution is 5.76. The number of carbonyl (C=O) groups is 1. The van der Waals surface area contributed by atoms with Gasteiger partial charge in [0.1, 0.15) is 0 Å². The highest BCUT2D eigenvalue weighted by atomic mass is 16.5. The predicted molar refractivity (Wildman–Crippen MR) is 75.7 cm³/mol. The van der Waals surface area contributed by atoms with Gasteiger partial charge in [-0.3, -0.25) is 4.79 Å². The zero-order chi connectivity index (χ0) is 13.7. The summed E-state index contributed by atoms with van der Waals surface area (Å²) >= 11 is 0. The second-order valence-electron chi connectivity index (χ2n) is 6.29. The molecule has 19 heavy (non-hydrogen) atoms. The smallest absolute Gasteiger partial charge is 0.222 e. The summed E-state index contributed by atoms with van der Waals surface area (Å²) in [6, 6.07) is 0.368. The molecule has 110 valence electrons. The number of methoxy groups -OCH3 is 1. The standard InChI is InChI=1S/C15H28N2O2/c1-19-11-13-3-2-8-17(10-13)15(18)9-12-4-6-14(16)7-5-12/h12-14H,2-11,16H2,1H3. The average molecular weight is 268 g/mol. The Balaban J connectivity index is 1.76. The molecule has 1 unspecified atom stereocenters. The average Bonchev–Trinajstić information content (AvgIpc) is 2.42. The van der Waals surface area contributed by atoms with E-state index in [-0.39, 0.29) is 0 Å². The molecule has 1 saturated carbocycles. The predicted octanol–water partition coefficient (Wildman–Crippen LogP) is 1.78. The molecule has 0 spiro atoms. The molecule has 0 aromatic heterocycles. The van der Waals surface area contributed by atoms with Crippen LogP contribution in [0.5, 0.6) is 0 Å². The minimum absolute atomic E-state index is 0.348. The Bertz CT molecular complexity index is 286. The molecule has 1 saturated heterocycles. The summed E-state index contributed by atoms with van der Waals surface area (Å²) in [6.45, 7) is 2.60. The lowest BCUT2D eigenvalue weighted by Crippen LogP contribution is -2.42. The molecule has 0 bridgehead atoms. The SMILES string of the molecule is COCC1CCCN(C(=O)CC2CCC(N)CC2)C1. The normalized spacial score (nSPS) is 32.3. The number of hydrogen-bond donors (Lipinski definition) is 1. The van der Waals surface area contributed by atoms with Crippen molar-refractivity contribution in [3.8, 4) is 0 Å². The molecule has 2 N–H and O–H groups in total. The zero-order valence-corrected chi connectivity index (χ0v) is 12.1. The van der Waals surface area contributed by atoms with Crippen LogP contribution in [0.1, 0.15) is 44.9 Å². The van der Waals surface area contributed by atoms with Crippen molar-refractivity contribution in [3.63, 3.8) is 0 Å². The van der Waals surface area contributed by atoms with Crippen LogP contribution in [0.4, 0.5) is 0 Å². The van der Waals surface area contributed by atoms with E-state index in [9.17, 15) is 4.79 Å². The Hall–Kier alpha value is -0.610. The van der Waals surface area contributed by atoms with Crippen LogP contribution in [0.15, 0.2) is 0 Å². The highest BCUT2D eigenvalue weighted by Crippen LogP contribution is 2.27. The molecule has 4 nitrogen and oxygen atoms in total. The topological polar surface area (TPSA) is 55.6 Å². The van der Waals surface area contributed by atoms with Crippen molar-refractivity contribution < 1.29 is 9.53 Å². The first kappa shape index (κ1) is 14.8. The van der Waals surface area contributed by atoms with E-state index in [0.29, 0.717) is 23.8 Å². The van der Waals surface area contributed by atoms with Crippen LogP contribution < -0.4 is 5.73 Å². The summed E-state index contributed by atoms with van der Waals surface area (Å²) in [4.78, 5) is 14.4. The van der Waals surface area contributed by atoms with Gasteiger partial charge in [-0.25, -0.2) is 0 Å². The monoisotopic (exact) mass is 268 g/mol. The van der Waals surface area contributed by atoms with Crippen LogP contribution in [0.2, 0.25) is 0 Å². The third kappa shape index (κ3) is 4.46. The minimum atomic E-state index is 0.348. The summed E-state index contributed by atoms with van der Waals surface area (Å²) in [5.41, 5.74) is 5.91. The molecular weight excluding hydrogens is 240 g/mol. The molecule has 1 heterocycles. The van der Waals surface area contributed by atoms with E-state index in [1.807, 2.05) is 0 Å². The van der Waals surface area contributed by atoms with Crippen molar-refractivity contribution in [1.82, 2.24) is 4.90 Å². The Morgan fingerprint density at radius 2 is 1.95 bits per heavy atom. The van der Waals surface area contributed by atoms with Gasteiger partial charge in [0, 0.05) is 32.7 Å². The molecule has 4 heteroatoms. The first-order valence-electron chi connectivity index (χ1n) is 7.71. The van der Waals surface area contributed by atoms with Gasteiger partial charge in [-0.05, 0) is 50.4 Å². The number of nitrogens with zero attached hydrogens (tertiary/aromatic N) is 1. The van der Waals surface area contributed by atoms with Crippen LogP contribution in [0.25, 0.3) is 0 Å². The third-order valence-electron chi connectivity index (χ3n) is 4.63. The maximum Gasteiger partial charge on any atom is 0.222 e. The number of hydrogen-bond acceptors (Lipinski definition) is 3. The second-order valence-corrected chi connectivity index (χ2v) is 6.29. The maximum atomic E-state index is 12.4. The fraction of sp³-hybridized carbons (Fsp3) is 0.933. The van der Waals surface area contributed by atoms with E-state index in [0.717, 1.165) is 58.2 Å². The van der Waals surface area contributed by atoms with Gasteiger partial charge >= 0.3 is 0 Å². The first-order chi connectivity index (χ1) is 9.19. The summed E-state index contributed by atoms with van der Waals surface area (Å²) < 4.78 is 5.22. The lowest BCUT2D eigenvalue weighted by molar-refractivity contribution is -0.134. The van der Waals surface area contributed by atoms with Gasteiger partial charge < -0.3 is 15.4 Å². The van der Waals surface area contributed by atoms with Gasteiger partial charge in [0.05, 0.1) is 6.61 Å². The first-order valence-corrected chi connectivity index (χ1v) is 7.71.